The Labute approximate surface area is 521 Å². The lowest BCUT2D eigenvalue weighted by Gasteiger charge is -2.48. The fourth-order valence-electron chi connectivity index (χ4n) is 16.3. The molecule has 0 N–H and O–H groups in total. The minimum absolute atomic E-state index is 0.00441. The second-order valence-corrected chi connectivity index (χ2v) is 33.4. The zero-order chi connectivity index (χ0) is 60.1. The molecular weight excluding hydrogens is 1080 g/mol. The largest absolute Gasteiger partial charge is 0.311 e. The van der Waals surface area contributed by atoms with E-state index in [1.807, 2.05) is 11.3 Å². The monoisotopic (exact) mass is 1160 g/mol. The number of thiophene rings is 2. The standard InChI is InChI=1S/C80H86BN3S2/c1-47(2)49-24-28-51(29-25-49)82(52-30-26-50(27-31-52)48(3)4)54-41-67-71-68(42-54)84(65-22-19-21-56-55-20-17-18-23-69(55)85-73(56)65)72-57-43-60-63(80(15,16)39-36-77(60,9)10)46-70(57)86-74(72)81(71)64-44-61-62(79(13,14)38-37-78(61,11)12)45-66(64)83(67)53-32-33-58-59(40-53)76(7,8)35-34-75(58,5)6/h17-33,40-48H,34-39H2,1-16H3. The van der Waals surface area contributed by atoms with Gasteiger partial charge in [0.15, 0.2) is 0 Å². The number of benzene rings is 8. The van der Waals surface area contributed by atoms with E-state index in [9.17, 15) is 0 Å². The van der Waals surface area contributed by atoms with Crippen LogP contribution in [0.1, 0.15) is 206 Å². The molecule has 0 fully saturated rings. The first-order valence-corrected chi connectivity index (χ1v) is 34.0. The van der Waals surface area contributed by atoms with E-state index in [0.717, 1.165) is 42.7 Å². The Hall–Kier alpha value is -6.60. The number of fused-ring (bicyclic) bond motifs is 12. The van der Waals surface area contributed by atoms with Gasteiger partial charge in [0.25, 0.3) is 6.71 Å². The summed E-state index contributed by atoms with van der Waals surface area (Å²) in [7, 11) is 0. The van der Waals surface area contributed by atoms with Crippen LogP contribution in [-0.2, 0) is 32.5 Å². The van der Waals surface area contributed by atoms with Crippen molar-refractivity contribution < 1.29 is 0 Å². The van der Waals surface area contributed by atoms with Gasteiger partial charge in [-0.2, -0.15) is 0 Å². The molecule has 0 saturated carbocycles. The van der Waals surface area contributed by atoms with Gasteiger partial charge in [-0.05, 0) is 217 Å². The van der Waals surface area contributed by atoms with Crippen LogP contribution in [0.3, 0.4) is 0 Å². The molecule has 10 aromatic rings. The van der Waals surface area contributed by atoms with Crippen LogP contribution < -0.4 is 30.4 Å². The van der Waals surface area contributed by atoms with Gasteiger partial charge in [-0.25, -0.2) is 0 Å². The van der Waals surface area contributed by atoms with Crippen molar-refractivity contribution in [3.05, 3.63) is 190 Å². The molecule has 2 aliphatic heterocycles. The van der Waals surface area contributed by atoms with Crippen LogP contribution in [0.2, 0.25) is 0 Å². The average Bonchev–Trinajstić information content (AvgIpc) is 1.24. The summed E-state index contributed by atoms with van der Waals surface area (Å²) in [6, 6.07) is 58.9. The number of anilines is 9. The van der Waals surface area contributed by atoms with E-state index in [-0.39, 0.29) is 39.2 Å². The van der Waals surface area contributed by atoms with E-state index in [2.05, 4.69) is 282 Å². The fourth-order valence-corrected chi connectivity index (χ4v) is 18.9. The lowest BCUT2D eigenvalue weighted by atomic mass is 9.35. The quantitative estimate of drug-likeness (QED) is 0.147. The first kappa shape index (κ1) is 55.9. The molecule has 3 aliphatic carbocycles. The topological polar surface area (TPSA) is 9.72 Å². The maximum absolute atomic E-state index is 2.80. The molecule has 15 rings (SSSR count). The summed E-state index contributed by atoms with van der Waals surface area (Å²) >= 11 is 4.03. The first-order chi connectivity index (χ1) is 40.7. The third kappa shape index (κ3) is 8.37. The number of rotatable bonds is 7. The van der Waals surface area contributed by atoms with Crippen LogP contribution in [-0.4, -0.2) is 6.71 Å². The molecule has 86 heavy (non-hydrogen) atoms. The first-order valence-electron chi connectivity index (χ1n) is 32.4. The van der Waals surface area contributed by atoms with Gasteiger partial charge in [0.2, 0.25) is 0 Å². The molecule has 3 nitrogen and oxygen atoms in total. The van der Waals surface area contributed by atoms with Gasteiger partial charge in [0.1, 0.15) is 0 Å². The van der Waals surface area contributed by atoms with E-state index in [4.69, 9.17) is 0 Å². The second kappa shape index (κ2) is 19.0. The minimum atomic E-state index is -0.0353. The summed E-state index contributed by atoms with van der Waals surface area (Å²) in [5.41, 5.74) is 25.8. The molecule has 0 spiro atoms. The molecule has 5 aliphatic rings. The van der Waals surface area contributed by atoms with Gasteiger partial charge in [-0.1, -0.05) is 178 Å². The Kier molecular flexibility index (Phi) is 12.3. The number of hydrogen-bond donors (Lipinski definition) is 0. The SMILES string of the molecule is CC(C)c1ccc(N(c2ccc(C(C)C)cc2)c2cc3c4c(c2)N(c2cccc5c2sc2ccccc25)c2c(sc5cc6c(cc25)C(C)(C)CCC6(C)C)B4c2cc4c(cc2N3c2ccc3c(c2)C(C)(C)CCC3(C)C)C(C)(C)CCC4(C)C)cc1. The summed E-state index contributed by atoms with van der Waals surface area (Å²) in [4.78, 5) is 8.14. The normalized spacial score (nSPS) is 18.9. The zero-order valence-corrected chi connectivity index (χ0v) is 55.6. The zero-order valence-electron chi connectivity index (χ0n) is 54.0. The van der Waals surface area contributed by atoms with E-state index in [1.54, 1.807) is 0 Å². The predicted molar refractivity (Wildman–Crippen MR) is 377 cm³/mol. The summed E-state index contributed by atoms with van der Waals surface area (Å²) < 4.78 is 5.49. The van der Waals surface area contributed by atoms with Crippen molar-refractivity contribution in [2.75, 3.05) is 14.7 Å². The minimum Gasteiger partial charge on any atom is -0.311 e. The second-order valence-electron chi connectivity index (χ2n) is 31.3. The fraction of sp³-hybridized carbons (Fsp3) is 0.375. The third-order valence-electron chi connectivity index (χ3n) is 22.2. The molecule has 0 saturated heterocycles. The van der Waals surface area contributed by atoms with Crippen LogP contribution in [0, 0.1) is 0 Å². The Bertz CT molecular complexity index is 4390. The van der Waals surface area contributed by atoms with Gasteiger partial charge >= 0.3 is 0 Å². The summed E-state index contributed by atoms with van der Waals surface area (Å²) in [5, 5.41) is 4.01. The molecule has 8 aromatic carbocycles. The lowest BCUT2D eigenvalue weighted by Crippen LogP contribution is -2.61. The van der Waals surface area contributed by atoms with Crippen LogP contribution in [0.4, 0.5) is 51.2 Å². The highest BCUT2D eigenvalue weighted by molar-refractivity contribution is 7.34. The predicted octanol–water partition coefficient (Wildman–Crippen LogP) is 22.1. The van der Waals surface area contributed by atoms with Gasteiger partial charge in [0, 0.05) is 64.5 Å². The van der Waals surface area contributed by atoms with Gasteiger partial charge < -0.3 is 14.7 Å². The number of hydrogen-bond acceptors (Lipinski definition) is 5. The third-order valence-corrected chi connectivity index (χ3v) is 24.6. The molecule has 436 valence electrons. The lowest BCUT2D eigenvalue weighted by molar-refractivity contribution is 0.332. The highest BCUT2D eigenvalue weighted by Crippen LogP contribution is 2.58. The molecule has 6 heteroatoms. The van der Waals surface area contributed by atoms with E-state index in [0.29, 0.717) is 11.8 Å². The van der Waals surface area contributed by atoms with Crippen molar-refractivity contribution in [1.29, 1.82) is 0 Å². The van der Waals surface area contributed by atoms with Gasteiger partial charge in [-0.3, -0.25) is 0 Å². The molecule has 2 aromatic heterocycles. The van der Waals surface area contributed by atoms with Crippen LogP contribution in [0.25, 0.3) is 30.3 Å². The Morgan fingerprint density at radius 3 is 1.48 bits per heavy atom. The smallest absolute Gasteiger partial charge is 0.264 e. The Balaban J connectivity index is 1.13. The molecule has 0 amide bonds. The van der Waals surface area contributed by atoms with Crippen molar-refractivity contribution in [2.24, 2.45) is 0 Å². The van der Waals surface area contributed by atoms with Crippen molar-refractivity contribution >= 4 is 127 Å². The van der Waals surface area contributed by atoms with Crippen molar-refractivity contribution in [1.82, 2.24) is 0 Å². The Morgan fingerprint density at radius 1 is 0.395 bits per heavy atom. The Morgan fingerprint density at radius 2 is 0.895 bits per heavy atom. The van der Waals surface area contributed by atoms with Crippen molar-refractivity contribution in [3.8, 4) is 0 Å². The van der Waals surface area contributed by atoms with Gasteiger partial charge in [0.05, 0.1) is 21.8 Å². The van der Waals surface area contributed by atoms with Crippen molar-refractivity contribution in [3.63, 3.8) is 0 Å². The molecule has 4 heterocycles. The van der Waals surface area contributed by atoms with Crippen molar-refractivity contribution in [2.45, 2.75) is 194 Å². The van der Waals surface area contributed by atoms with Crippen LogP contribution in [0.15, 0.2) is 146 Å². The molecular formula is C80H86BN3S2. The van der Waals surface area contributed by atoms with E-state index < -0.39 is 0 Å². The number of nitrogens with zero attached hydrogens (tertiary/aromatic N) is 3. The summed E-state index contributed by atoms with van der Waals surface area (Å²) in [6.45, 7) is 39.2. The summed E-state index contributed by atoms with van der Waals surface area (Å²) in [6.07, 6.45) is 6.99. The van der Waals surface area contributed by atoms with Gasteiger partial charge in [-0.15, -0.1) is 22.7 Å². The highest BCUT2D eigenvalue weighted by atomic mass is 32.1. The maximum Gasteiger partial charge on any atom is 0.264 e. The van der Waals surface area contributed by atoms with Crippen LogP contribution >= 0.6 is 22.7 Å². The highest BCUT2D eigenvalue weighted by Gasteiger charge is 2.50. The van der Waals surface area contributed by atoms with Crippen LogP contribution in [0.5, 0.6) is 0 Å². The molecule has 0 atom stereocenters. The molecule has 0 bridgehead atoms. The molecule has 0 unspecified atom stereocenters. The van der Waals surface area contributed by atoms with E-state index in [1.165, 1.54) is 137 Å². The average molecular weight is 1160 g/mol. The summed E-state index contributed by atoms with van der Waals surface area (Å²) in [5.74, 6) is 0.828. The maximum atomic E-state index is 2.80. The van der Waals surface area contributed by atoms with E-state index >= 15 is 0 Å². The molecule has 0 radical (unpaired) electrons.